The monoisotopic (exact) mass is 478 g/mol. The van der Waals surface area contributed by atoms with Crippen molar-refractivity contribution < 1.29 is 19.1 Å². The molecule has 0 saturated carbocycles. The summed E-state index contributed by atoms with van der Waals surface area (Å²) in [6.45, 7) is 0.252. The van der Waals surface area contributed by atoms with Crippen molar-refractivity contribution in [2.45, 2.75) is 31.6 Å². The molecule has 7 rings (SSSR count). The summed E-state index contributed by atoms with van der Waals surface area (Å²) in [5, 5.41) is 2.18. The zero-order chi connectivity index (χ0) is 24.7. The summed E-state index contributed by atoms with van der Waals surface area (Å²) >= 11 is 0. The molecule has 2 bridgehead atoms. The van der Waals surface area contributed by atoms with E-state index in [4.69, 9.17) is 4.74 Å². The highest BCUT2D eigenvalue weighted by Crippen LogP contribution is 2.45. The van der Waals surface area contributed by atoms with Gasteiger partial charge < -0.3 is 9.64 Å². The third-order valence-electron chi connectivity index (χ3n) is 8.21. The van der Waals surface area contributed by atoms with Gasteiger partial charge in [0.2, 0.25) is 11.8 Å². The molecule has 180 valence electrons. The maximum Gasteiger partial charge on any atom is 0.236 e. The summed E-state index contributed by atoms with van der Waals surface area (Å²) in [5.41, 5.74) is 5.84. The maximum atomic E-state index is 13.0. The number of rotatable bonds is 4. The van der Waals surface area contributed by atoms with Gasteiger partial charge in [0.05, 0.1) is 30.6 Å². The Morgan fingerprint density at radius 1 is 0.861 bits per heavy atom. The number of imide groups is 1. The maximum absolute atomic E-state index is 13.0. The Labute approximate surface area is 209 Å². The lowest BCUT2D eigenvalue weighted by Crippen LogP contribution is -2.33. The topological polar surface area (TPSA) is 66.9 Å². The van der Waals surface area contributed by atoms with Gasteiger partial charge in [0, 0.05) is 37.3 Å². The molecular formula is C30H26N2O4. The van der Waals surface area contributed by atoms with Crippen LogP contribution >= 0.6 is 0 Å². The fraction of sp³-hybridized carbons (Fsp3) is 0.300. The van der Waals surface area contributed by atoms with Gasteiger partial charge >= 0.3 is 0 Å². The Kier molecular flexibility index (Phi) is 4.55. The fourth-order valence-electron chi connectivity index (χ4n) is 6.39. The van der Waals surface area contributed by atoms with Gasteiger partial charge in [-0.1, -0.05) is 48.6 Å². The van der Waals surface area contributed by atoms with Crippen LogP contribution in [0.2, 0.25) is 0 Å². The Bertz CT molecular complexity index is 1470. The summed E-state index contributed by atoms with van der Waals surface area (Å²) in [7, 11) is 4.02. The summed E-state index contributed by atoms with van der Waals surface area (Å²) < 4.78 is 5.74. The molecule has 3 heterocycles. The van der Waals surface area contributed by atoms with Crippen LogP contribution < -0.4 is 4.90 Å². The quantitative estimate of drug-likeness (QED) is 0.417. The van der Waals surface area contributed by atoms with Gasteiger partial charge in [-0.05, 0) is 46.0 Å². The third-order valence-corrected chi connectivity index (χ3v) is 8.21. The van der Waals surface area contributed by atoms with E-state index in [1.54, 1.807) is 0 Å². The molecule has 0 aromatic heterocycles. The number of Topliss-reactive ketones (excluding diaryl/α,β-unsaturated/α-hetero) is 1. The van der Waals surface area contributed by atoms with Crippen LogP contribution in [0.5, 0.6) is 0 Å². The van der Waals surface area contributed by atoms with E-state index in [-0.39, 0.29) is 48.2 Å². The minimum Gasteiger partial charge on any atom is -0.378 e. The molecule has 36 heavy (non-hydrogen) atoms. The number of carbonyl (C=O) groups is 3. The summed E-state index contributed by atoms with van der Waals surface area (Å²) in [5.74, 6) is -0.866. The molecule has 3 aromatic carbocycles. The van der Waals surface area contributed by atoms with Crippen molar-refractivity contribution in [2.75, 3.05) is 19.0 Å². The van der Waals surface area contributed by atoms with Crippen molar-refractivity contribution in [1.82, 2.24) is 4.90 Å². The Morgan fingerprint density at radius 3 is 2.22 bits per heavy atom. The third kappa shape index (κ3) is 2.97. The summed E-state index contributed by atoms with van der Waals surface area (Å²) in [6, 6.07) is 16.5. The second-order valence-corrected chi connectivity index (χ2v) is 10.5. The molecule has 4 unspecified atom stereocenters. The average molecular weight is 479 g/mol. The number of benzene rings is 3. The number of carbonyl (C=O) groups excluding carboxylic acids is 3. The van der Waals surface area contributed by atoms with Crippen LogP contribution in [0.1, 0.15) is 27.9 Å². The van der Waals surface area contributed by atoms with E-state index in [0.29, 0.717) is 6.42 Å². The number of anilines is 1. The van der Waals surface area contributed by atoms with E-state index in [1.165, 1.54) is 4.90 Å². The first-order valence-electron chi connectivity index (χ1n) is 12.5. The molecule has 6 heteroatoms. The number of hydrogen-bond donors (Lipinski definition) is 0. The molecule has 4 atom stereocenters. The zero-order valence-electron chi connectivity index (χ0n) is 20.2. The first-order chi connectivity index (χ1) is 17.4. The molecule has 2 fully saturated rings. The highest BCUT2D eigenvalue weighted by atomic mass is 16.5. The molecule has 4 aliphatic rings. The van der Waals surface area contributed by atoms with Gasteiger partial charge in [-0.3, -0.25) is 19.3 Å². The van der Waals surface area contributed by atoms with Crippen LogP contribution in [0.15, 0.2) is 60.7 Å². The van der Waals surface area contributed by atoms with Crippen molar-refractivity contribution in [2.24, 2.45) is 11.8 Å². The van der Waals surface area contributed by atoms with E-state index < -0.39 is 0 Å². The predicted octanol–water partition coefficient (Wildman–Crippen LogP) is 4.14. The lowest BCUT2D eigenvalue weighted by atomic mass is 9.85. The second kappa shape index (κ2) is 7.61. The molecule has 2 amide bonds. The molecule has 6 nitrogen and oxygen atoms in total. The SMILES string of the molecule is CN(C)c1ccc2cc3c(c(-c4ccc(CN5C(=O)C6C7C=CC(O7)C6C5=O)cc4)c2c1)C(=O)CC3. The molecule has 1 aliphatic carbocycles. The van der Waals surface area contributed by atoms with Gasteiger partial charge in [0.25, 0.3) is 0 Å². The standard InChI is InChI=1S/C30H26N2O4/c1-31(2)20-9-7-18-13-19-8-10-22(33)26(19)25(21(18)14-20)17-5-3-16(4-6-17)15-32-29(34)27-23-11-12-24(36-23)28(27)30(32)35/h3-7,9,11-14,23-24,27-28H,8,10,15H2,1-2H3. The highest BCUT2D eigenvalue weighted by Gasteiger charge is 2.60. The van der Waals surface area contributed by atoms with E-state index in [0.717, 1.165) is 50.7 Å². The lowest BCUT2D eigenvalue weighted by molar-refractivity contribution is -0.143. The largest absolute Gasteiger partial charge is 0.378 e. The zero-order valence-corrected chi connectivity index (χ0v) is 20.2. The lowest BCUT2D eigenvalue weighted by Gasteiger charge is -2.19. The number of nitrogens with zero attached hydrogens (tertiary/aromatic N) is 2. The first-order valence-corrected chi connectivity index (χ1v) is 12.5. The normalized spacial score (nSPS) is 25.8. The molecule has 3 aliphatic heterocycles. The number of hydrogen-bond acceptors (Lipinski definition) is 5. The summed E-state index contributed by atoms with van der Waals surface area (Å²) in [4.78, 5) is 42.4. The Hall–Kier alpha value is -3.77. The number of ether oxygens (including phenoxy) is 1. The number of amides is 2. The highest BCUT2D eigenvalue weighted by molar-refractivity contribution is 6.14. The van der Waals surface area contributed by atoms with Crippen molar-refractivity contribution >= 4 is 34.1 Å². The van der Waals surface area contributed by atoms with Gasteiger partial charge in [-0.25, -0.2) is 0 Å². The van der Waals surface area contributed by atoms with Crippen LogP contribution in [0.25, 0.3) is 21.9 Å². The molecule has 0 N–H and O–H groups in total. The van der Waals surface area contributed by atoms with E-state index in [9.17, 15) is 14.4 Å². The second-order valence-electron chi connectivity index (χ2n) is 10.5. The van der Waals surface area contributed by atoms with E-state index in [1.807, 2.05) is 50.5 Å². The first kappa shape index (κ1) is 21.5. The van der Waals surface area contributed by atoms with Gasteiger partial charge in [0.15, 0.2) is 5.78 Å². The smallest absolute Gasteiger partial charge is 0.236 e. The van der Waals surface area contributed by atoms with Crippen molar-refractivity contribution in [1.29, 1.82) is 0 Å². The van der Waals surface area contributed by atoms with E-state index >= 15 is 0 Å². The number of ketones is 1. The van der Waals surface area contributed by atoms with Gasteiger partial charge in [-0.15, -0.1) is 0 Å². The van der Waals surface area contributed by atoms with Gasteiger partial charge in [-0.2, -0.15) is 0 Å². The van der Waals surface area contributed by atoms with E-state index in [2.05, 4.69) is 29.2 Å². The minimum atomic E-state index is -0.387. The number of aryl methyl sites for hydroxylation is 1. The van der Waals surface area contributed by atoms with Crippen LogP contribution in [0.4, 0.5) is 5.69 Å². The Balaban J connectivity index is 1.25. The predicted molar refractivity (Wildman–Crippen MR) is 137 cm³/mol. The number of fused-ring (bicyclic) bond motifs is 7. The van der Waals surface area contributed by atoms with Crippen LogP contribution in [0, 0.1) is 11.8 Å². The van der Waals surface area contributed by atoms with Crippen molar-refractivity contribution in [3.63, 3.8) is 0 Å². The summed E-state index contributed by atoms with van der Waals surface area (Å²) in [6.07, 6.45) is 4.57. The molecule has 2 saturated heterocycles. The minimum absolute atomic E-state index is 0.139. The molecule has 0 spiro atoms. The van der Waals surface area contributed by atoms with Gasteiger partial charge in [0.1, 0.15) is 0 Å². The number of likely N-dealkylation sites (tertiary alicyclic amines) is 1. The van der Waals surface area contributed by atoms with Crippen LogP contribution in [-0.4, -0.2) is 48.8 Å². The van der Waals surface area contributed by atoms with Crippen molar-refractivity contribution in [3.8, 4) is 11.1 Å². The molecule has 0 radical (unpaired) electrons. The fourth-order valence-corrected chi connectivity index (χ4v) is 6.39. The van der Waals surface area contributed by atoms with Crippen molar-refractivity contribution in [3.05, 3.63) is 77.4 Å². The Morgan fingerprint density at radius 2 is 1.56 bits per heavy atom. The molecule has 3 aromatic rings. The molecular weight excluding hydrogens is 452 g/mol. The van der Waals surface area contributed by atoms with Crippen LogP contribution in [0.3, 0.4) is 0 Å². The van der Waals surface area contributed by atoms with Crippen LogP contribution in [-0.2, 0) is 27.3 Å². The average Bonchev–Trinajstić information content (AvgIpc) is 3.64.